The second kappa shape index (κ2) is 9.59. The average molecular weight is 502 g/mol. The number of fused-ring (bicyclic) bond motifs is 1. The van der Waals surface area contributed by atoms with Crippen molar-refractivity contribution in [2.24, 2.45) is 5.92 Å². The zero-order valence-electron chi connectivity index (χ0n) is 20.9. The van der Waals surface area contributed by atoms with Crippen molar-refractivity contribution in [2.75, 3.05) is 6.54 Å². The number of carbonyl (C=O) groups is 2. The number of esters is 1. The van der Waals surface area contributed by atoms with Gasteiger partial charge in [-0.3, -0.25) is 14.3 Å². The zero-order chi connectivity index (χ0) is 26.3. The topological polar surface area (TPSA) is 64.4 Å². The highest BCUT2D eigenvalue weighted by Crippen LogP contribution is 2.37. The molecule has 1 aliphatic rings. The van der Waals surface area contributed by atoms with Crippen molar-refractivity contribution in [3.05, 3.63) is 53.6 Å². The van der Waals surface area contributed by atoms with Gasteiger partial charge in [0, 0.05) is 30.0 Å². The predicted octanol–water partition coefficient (Wildman–Crippen LogP) is 5.82. The molecule has 2 aromatic carbocycles. The molecule has 0 bridgehead atoms. The van der Waals surface area contributed by atoms with Crippen LogP contribution < -0.4 is 0 Å². The molecule has 0 radical (unpaired) electrons. The number of halogens is 3. The third-order valence-corrected chi connectivity index (χ3v) is 6.03. The van der Waals surface area contributed by atoms with E-state index in [0.717, 1.165) is 25.0 Å². The van der Waals surface area contributed by atoms with Gasteiger partial charge in [0.25, 0.3) is 0 Å². The van der Waals surface area contributed by atoms with Crippen LogP contribution in [0.5, 0.6) is 0 Å². The Kier molecular flexibility index (Phi) is 6.86. The van der Waals surface area contributed by atoms with Crippen molar-refractivity contribution in [3.63, 3.8) is 0 Å². The van der Waals surface area contributed by atoms with Gasteiger partial charge in [-0.25, -0.2) is 0 Å². The van der Waals surface area contributed by atoms with Crippen molar-refractivity contribution >= 4 is 22.8 Å². The fourth-order valence-electron chi connectivity index (χ4n) is 4.21. The Morgan fingerprint density at radius 2 is 1.81 bits per heavy atom. The van der Waals surface area contributed by atoms with E-state index in [4.69, 9.17) is 4.74 Å². The van der Waals surface area contributed by atoms with Gasteiger partial charge < -0.3 is 9.64 Å². The van der Waals surface area contributed by atoms with Crippen LogP contribution in [-0.2, 0) is 33.6 Å². The average Bonchev–Trinajstić information content (AvgIpc) is 3.58. The molecule has 1 aromatic heterocycles. The quantitative estimate of drug-likeness (QED) is 0.383. The van der Waals surface area contributed by atoms with E-state index in [1.807, 2.05) is 19.1 Å². The lowest BCUT2D eigenvalue weighted by atomic mass is 9.98. The molecule has 36 heavy (non-hydrogen) atoms. The predicted molar refractivity (Wildman–Crippen MR) is 130 cm³/mol. The van der Waals surface area contributed by atoms with Crippen LogP contribution in [0.25, 0.3) is 22.2 Å². The van der Waals surface area contributed by atoms with E-state index in [2.05, 4.69) is 5.10 Å². The molecule has 0 atom stereocenters. The summed E-state index contributed by atoms with van der Waals surface area (Å²) in [6, 6.07) is 10.8. The van der Waals surface area contributed by atoms with E-state index in [1.165, 1.54) is 10.7 Å². The van der Waals surface area contributed by atoms with Crippen LogP contribution in [0.3, 0.4) is 0 Å². The molecule has 1 fully saturated rings. The second-order valence-corrected chi connectivity index (χ2v) is 10.1. The summed E-state index contributed by atoms with van der Waals surface area (Å²) < 4.78 is 47.7. The van der Waals surface area contributed by atoms with Gasteiger partial charge in [-0.05, 0) is 64.3 Å². The Labute approximate surface area is 208 Å². The summed E-state index contributed by atoms with van der Waals surface area (Å²) in [6.45, 7) is 7.42. The highest BCUT2D eigenvalue weighted by Gasteiger charge is 2.35. The molecule has 1 heterocycles. The number of carbonyl (C=O) groups excluding carboxylic acids is 2. The third kappa shape index (κ3) is 5.71. The molecule has 9 heteroatoms. The van der Waals surface area contributed by atoms with Crippen molar-refractivity contribution in [1.29, 1.82) is 0 Å². The van der Waals surface area contributed by atoms with Crippen molar-refractivity contribution < 1.29 is 27.5 Å². The smallest absolute Gasteiger partial charge is 0.416 e. The number of alkyl halides is 3. The standard InChI is InChI=1S/C27H30F3N3O3/c1-5-32(25(35)17-10-11-17)15-18-14-19(27(28,29)30)12-13-20(18)24-21-8-6-7-9-22(21)33(31-24)16-23(34)36-26(2,3)4/h6-9,12-14,17H,5,10-11,15-16H2,1-4H3. The highest BCUT2D eigenvalue weighted by molar-refractivity contribution is 5.95. The number of hydrogen-bond donors (Lipinski definition) is 0. The number of amides is 1. The normalized spacial score (nSPS) is 14.2. The minimum absolute atomic E-state index is 0.0400. The molecule has 0 aliphatic heterocycles. The Balaban J connectivity index is 1.79. The highest BCUT2D eigenvalue weighted by atomic mass is 19.4. The first kappa shape index (κ1) is 25.7. The first-order chi connectivity index (χ1) is 16.9. The van der Waals surface area contributed by atoms with E-state index >= 15 is 0 Å². The number of rotatable bonds is 7. The van der Waals surface area contributed by atoms with E-state index < -0.39 is 23.3 Å². The summed E-state index contributed by atoms with van der Waals surface area (Å²) >= 11 is 0. The van der Waals surface area contributed by atoms with Gasteiger partial charge in [0.1, 0.15) is 17.8 Å². The number of benzene rings is 2. The van der Waals surface area contributed by atoms with E-state index in [-0.39, 0.29) is 24.9 Å². The van der Waals surface area contributed by atoms with Gasteiger partial charge in [-0.15, -0.1) is 0 Å². The molecule has 0 spiro atoms. The second-order valence-electron chi connectivity index (χ2n) is 10.1. The monoisotopic (exact) mass is 501 g/mol. The molecule has 1 amide bonds. The minimum Gasteiger partial charge on any atom is -0.459 e. The number of para-hydroxylation sites is 1. The summed E-state index contributed by atoms with van der Waals surface area (Å²) in [7, 11) is 0. The molecular formula is C27H30F3N3O3. The number of ether oxygens (including phenoxy) is 1. The lowest BCUT2D eigenvalue weighted by Crippen LogP contribution is -2.31. The Morgan fingerprint density at radius 1 is 1.11 bits per heavy atom. The molecule has 0 unspecified atom stereocenters. The fraction of sp³-hybridized carbons (Fsp3) is 0.444. The van der Waals surface area contributed by atoms with Crippen LogP contribution in [0, 0.1) is 5.92 Å². The SMILES string of the molecule is CCN(Cc1cc(C(F)(F)F)ccc1-c1nn(CC(=O)OC(C)(C)C)c2ccccc12)C(=O)C1CC1. The van der Waals surface area contributed by atoms with Gasteiger partial charge in [0.15, 0.2) is 0 Å². The van der Waals surface area contributed by atoms with Crippen LogP contribution in [0.15, 0.2) is 42.5 Å². The van der Waals surface area contributed by atoms with Crippen LogP contribution in [0.2, 0.25) is 0 Å². The van der Waals surface area contributed by atoms with Crippen molar-refractivity contribution in [2.45, 2.75) is 65.4 Å². The summed E-state index contributed by atoms with van der Waals surface area (Å²) in [4.78, 5) is 26.9. The maximum absolute atomic E-state index is 13.6. The molecular weight excluding hydrogens is 471 g/mol. The van der Waals surface area contributed by atoms with Gasteiger partial charge >= 0.3 is 12.1 Å². The number of hydrogen-bond acceptors (Lipinski definition) is 4. The maximum atomic E-state index is 13.6. The van der Waals surface area contributed by atoms with E-state index in [1.54, 1.807) is 37.8 Å². The van der Waals surface area contributed by atoms with Gasteiger partial charge in [0.05, 0.1) is 11.1 Å². The van der Waals surface area contributed by atoms with Crippen LogP contribution in [0.1, 0.15) is 51.7 Å². The number of aromatic nitrogens is 2. The van der Waals surface area contributed by atoms with Crippen molar-refractivity contribution in [1.82, 2.24) is 14.7 Å². The van der Waals surface area contributed by atoms with Gasteiger partial charge in [-0.1, -0.05) is 24.3 Å². The first-order valence-electron chi connectivity index (χ1n) is 12.0. The Bertz CT molecular complexity index is 1290. The van der Waals surface area contributed by atoms with Crippen LogP contribution in [-0.4, -0.2) is 38.7 Å². The molecule has 6 nitrogen and oxygen atoms in total. The largest absolute Gasteiger partial charge is 0.459 e. The molecule has 0 N–H and O–H groups in total. The number of nitrogens with zero attached hydrogens (tertiary/aromatic N) is 3. The van der Waals surface area contributed by atoms with E-state index in [9.17, 15) is 22.8 Å². The molecule has 1 saturated carbocycles. The molecule has 192 valence electrons. The van der Waals surface area contributed by atoms with Crippen LogP contribution >= 0.6 is 0 Å². The lowest BCUT2D eigenvalue weighted by Gasteiger charge is -2.23. The molecule has 4 rings (SSSR count). The van der Waals surface area contributed by atoms with E-state index in [0.29, 0.717) is 34.3 Å². The Hall–Kier alpha value is -3.36. The molecule has 3 aromatic rings. The Morgan fingerprint density at radius 3 is 2.42 bits per heavy atom. The van der Waals surface area contributed by atoms with Gasteiger partial charge in [-0.2, -0.15) is 18.3 Å². The first-order valence-corrected chi connectivity index (χ1v) is 12.0. The van der Waals surface area contributed by atoms with Gasteiger partial charge in [0.2, 0.25) is 5.91 Å². The van der Waals surface area contributed by atoms with Crippen molar-refractivity contribution in [3.8, 4) is 11.3 Å². The third-order valence-electron chi connectivity index (χ3n) is 6.03. The lowest BCUT2D eigenvalue weighted by molar-refractivity contribution is -0.155. The summed E-state index contributed by atoms with van der Waals surface area (Å²) in [5.41, 5.74) is 0.505. The minimum atomic E-state index is -4.52. The fourth-order valence-corrected chi connectivity index (χ4v) is 4.21. The summed E-state index contributed by atoms with van der Waals surface area (Å²) in [5, 5.41) is 5.33. The molecule has 0 saturated heterocycles. The maximum Gasteiger partial charge on any atom is 0.416 e. The summed E-state index contributed by atoms with van der Waals surface area (Å²) in [5.74, 6) is -0.559. The van der Waals surface area contributed by atoms with Crippen LogP contribution in [0.4, 0.5) is 13.2 Å². The summed E-state index contributed by atoms with van der Waals surface area (Å²) in [6.07, 6.45) is -2.90. The molecule has 1 aliphatic carbocycles. The zero-order valence-corrected chi connectivity index (χ0v) is 20.9.